The molecular weight excluding hydrogens is 464 g/mol. The van der Waals surface area contributed by atoms with Crippen LogP contribution in [0.4, 0.5) is 4.79 Å². The Morgan fingerprint density at radius 1 is 1.11 bits per heavy atom. The van der Waals surface area contributed by atoms with E-state index in [1.807, 2.05) is 6.07 Å². The van der Waals surface area contributed by atoms with Gasteiger partial charge in [0.15, 0.2) is 0 Å². The molecule has 4 rings (SSSR count). The Morgan fingerprint density at radius 2 is 1.77 bits per heavy atom. The average Bonchev–Trinajstić information content (AvgIpc) is 3.01. The topological polar surface area (TPSA) is 90.0 Å². The number of carbonyl (C=O) groups is 2. The Hall–Kier alpha value is -2.13. The van der Waals surface area contributed by atoms with E-state index in [9.17, 15) is 18.0 Å². The van der Waals surface area contributed by atoms with Gasteiger partial charge in [-0.2, -0.15) is 0 Å². The van der Waals surface area contributed by atoms with Crippen LogP contribution in [0.5, 0.6) is 0 Å². The minimum absolute atomic E-state index is 0.0248. The van der Waals surface area contributed by atoms with Gasteiger partial charge in [0, 0.05) is 31.4 Å². The number of amides is 3. The Balaban J connectivity index is 1.49. The van der Waals surface area contributed by atoms with Crippen molar-refractivity contribution < 1.29 is 18.0 Å². The summed E-state index contributed by atoms with van der Waals surface area (Å²) >= 11 is 0. The third-order valence-electron chi connectivity index (χ3n) is 8.53. The summed E-state index contributed by atoms with van der Waals surface area (Å²) in [5, 5.41) is 2.67. The highest BCUT2D eigenvalue weighted by molar-refractivity contribution is 7.90. The normalized spacial score (nSPS) is 27.5. The Kier molecular flexibility index (Phi) is 7.48. The Labute approximate surface area is 209 Å². The predicted octanol–water partition coefficient (Wildman–Crippen LogP) is 2.45. The van der Waals surface area contributed by atoms with Crippen LogP contribution < -0.4 is 5.32 Å². The summed E-state index contributed by atoms with van der Waals surface area (Å²) < 4.78 is 22.7. The van der Waals surface area contributed by atoms with Gasteiger partial charge < -0.3 is 15.1 Å². The molecule has 1 spiro atoms. The van der Waals surface area contributed by atoms with Crippen LogP contribution in [0.15, 0.2) is 30.3 Å². The molecule has 0 aromatic heterocycles. The molecular formula is C26H40N4O4S. The molecule has 35 heavy (non-hydrogen) atoms. The first-order valence-corrected chi connectivity index (χ1v) is 14.8. The summed E-state index contributed by atoms with van der Waals surface area (Å²) in [4.78, 5) is 32.2. The maximum absolute atomic E-state index is 13.6. The summed E-state index contributed by atoms with van der Waals surface area (Å²) in [6.07, 6.45) is 8.39. The Bertz CT molecular complexity index is 1020. The van der Waals surface area contributed by atoms with Crippen LogP contribution in [-0.4, -0.2) is 92.9 Å². The monoisotopic (exact) mass is 504 g/mol. The van der Waals surface area contributed by atoms with Gasteiger partial charge in [0.2, 0.25) is 5.91 Å². The molecule has 1 heterocycles. The number of nitrogens with one attached hydrogen (secondary N) is 1. The summed E-state index contributed by atoms with van der Waals surface area (Å²) in [6.45, 7) is 1.36. The molecule has 1 N–H and O–H groups in total. The highest BCUT2D eigenvalue weighted by atomic mass is 32.2. The van der Waals surface area contributed by atoms with Crippen molar-refractivity contribution in [2.45, 2.75) is 56.0 Å². The van der Waals surface area contributed by atoms with Gasteiger partial charge >= 0.3 is 6.03 Å². The van der Waals surface area contributed by atoms with Crippen LogP contribution >= 0.6 is 0 Å². The number of urea groups is 1. The zero-order valence-electron chi connectivity index (χ0n) is 21.3. The van der Waals surface area contributed by atoms with E-state index < -0.39 is 9.84 Å². The van der Waals surface area contributed by atoms with E-state index in [0.717, 1.165) is 51.3 Å². The zero-order chi connectivity index (χ0) is 25.3. The number of rotatable bonds is 9. The molecule has 1 aliphatic heterocycles. The summed E-state index contributed by atoms with van der Waals surface area (Å²) in [7, 11) is 1.14. The molecule has 3 aliphatic rings. The predicted molar refractivity (Wildman–Crippen MR) is 137 cm³/mol. The molecule has 1 aromatic rings. The lowest BCUT2D eigenvalue weighted by atomic mass is 9.68. The van der Waals surface area contributed by atoms with Crippen LogP contribution in [0.2, 0.25) is 0 Å². The molecule has 194 valence electrons. The maximum atomic E-state index is 13.6. The smallest absolute Gasteiger partial charge is 0.321 e. The molecule has 0 bridgehead atoms. The number of hydrogen-bond acceptors (Lipinski definition) is 5. The van der Waals surface area contributed by atoms with Gasteiger partial charge in [0.1, 0.15) is 16.4 Å². The first kappa shape index (κ1) is 25.9. The zero-order valence-corrected chi connectivity index (χ0v) is 22.1. The number of sulfone groups is 1. The second-order valence-corrected chi connectivity index (χ2v) is 13.3. The lowest BCUT2D eigenvalue weighted by Gasteiger charge is -2.51. The number of benzene rings is 1. The SMILES string of the molecule is CN(C)C1(c2ccccc2)CCC2(CC1)CN(CC(=O)NCCS(C)(=O)=O)C(=O)N2CC1CCC1. The molecule has 0 radical (unpaired) electrons. The van der Waals surface area contributed by atoms with Crippen molar-refractivity contribution >= 4 is 21.8 Å². The average molecular weight is 505 g/mol. The van der Waals surface area contributed by atoms with E-state index in [4.69, 9.17) is 0 Å². The van der Waals surface area contributed by atoms with Crippen LogP contribution in [0.3, 0.4) is 0 Å². The van der Waals surface area contributed by atoms with Crippen LogP contribution in [0.1, 0.15) is 50.5 Å². The van der Waals surface area contributed by atoms with Crippen molar-refractivity contribution in [3.63, 3.8) is 0 Å². The van der Waals surface area contributed by atoms with Crippen molar-refractivity contribution in [2.24, 2.45) is 5.92 Å². The summed E-state index contributed by atoms with van der Waals surface area (Å²) in [5.74, 6) is 0.149. The van der Waals surface area contributed by atoms with Gasteiger partial charge in [0.05, 0.1) is 11.3 Å². The van der Waals surface area contributed by atoms with E-state index in [2.05, 4.69) is 53.5 Å². The van der Waals surface area contributed by atoms with Crippen molar-refractivity contribution in [3.8, 4) is 0 Å². The molecule has 3 amide bonds. The lowest BCUT2D eigenvalue weighted by Crippen LogP contribution is -2.56. The van der Waals surface area contributed by atoms with Crippen molar-refractivity contribution in [3.05, 3.63) is 35.9 Å². The molecule has 1 saturated heterocycles. The number of carbonyl (C=O) groups excluding carboxylic acids is 2. The standard InChI is InChI=1S/C26H40N4O4S/c1-28(2)26(22-10-5-4-6-11-22)14-12-25(13-15-26)20-29(19-23(31)27-16-17-35(3,33)34)24(32)30(25)18-21-8-7-9-21/h4-6,10-11,21H,7-9,12-20H2,1-3H3,(H,27,31). The van der Waals surface area contributed by atoms with Gasteiger partial charge in [0.25, 0.3) is 0 Å². The minimum Gasteiger partial charge on any atom is -0.354 e. The van der Waals surface area contributed by atoms with Gasteiger partial charge in [-0.1, -0.05) is 36.8 Å². The van der Waals surface area contributed by atoms with Gasteiger partial charge in [-0.3, -0.25) is 9.69 Å². The number of nitrogens with zero attached hydrogens (tertiary/aromatic N) is 3. The third kappa shape index (κ3) is 5.50. The molecule has 2 aliphatic carbocycles. The van der Waals surface area contributed by atoms with Crippen molar-refractivity contribution in [2.75, 3.05) is 52.3 Å². The molecule has 3 fully saturated rings. The van der Waals surface area contributed by atoms with E-state index in [1.54, 1.807) is 4.90 Å². The summed E-state index contributed by atoms with van der Waals surface area (Å²) in [5.41, 5.74) is 0.999. The van der Waals surface area contributed by atoms with Gasteiger partial charge in [-0.25, -0.2) is 13.2 Å². The third-order valence-corrected chi connectivity index (χ3v) is 9.47. The van der Waals surface area contributed by atoms with E-state index in [-0.39, 0.29) is 41.9 Å². The lowest BCUT2D eigenvalue weighted by molar-refractivity contribution is -0.121. The second-order valence-electron chi connectivity index (χ2n) is 11.0. The fourth-order valence-corrected chi connectivity index (χ4v) is 6.59. The minimum atomic E-state index is -3.15. The van der Waals surface area contributed by atoms with Crippen LogP contribution in [0.25, 0.3) is 0 Å². The molecule has 2 saturated carbocycles. The van der Waals surface area contributed by atoms with Gasteiger partial charge in [-0.05, 0) is 64.1 Å². The molecule has 8 nitrogen and oxygen atoms in total. The molecule has 0 atom stereocenters. The highest BCUT2D eigenvalue weighted by Crippen LogP contribution is 2.49. The maximum Gasteiger partial charge on any atom is 0.321 e. The first-order chi connectivity index (χ1) is 16.5. The van der Waals surface area contributed by atoms with Crippen molar-refractivity contribution in [1.29, 1.82) is 0 Å². The van der Waals surface area contributed by atoms with E-state index in [1.165, 1.54) is 12.0 Å². The first-order valence-electron chi connectivity index (χ1n) is 12.8. The van der Waals surface area contributed by atoms with E-state index in [0.29, 0.717) is 12.5 Å². The van der Waals surface area contributed by atoms with Gasteiger partial charge in [-0.15, -0.1) is 0 Å². The van der Waals surface area contributed by atoms with Crippen LogP contribution in [-0.2, 0) is 20.2 Å². The molecule has 1 aromatic carbocycles. The molecule has 0 unspecified atom stereocenters. The fraction of sp³-hybridized carbons (Fsp3) is 0.692. The number of hydrogen-bond donors (Lipinski definition) is 1. The highest BCUT2D eigenvalue weighted by Gasteiger charge is 2.55. The Morgan fingerprint density at radius 3 is 2.31 bits per heavy atom. The van der Waals surface area contributed by atoms with Crippen molar-refractivity contribution in [1.82, 2.24) is 20.0 Å². The second kappa shape index (κ2) is 10.1. The molecule has 9 heteroatoms. The van der Waals surface area contributed by atoms with E-state index >= 15 is 0 Å². The fourth-order valence-electron chi connectivity index (χ4n) is 6.12. The largest absolute Gasteiger partial charge is 0.354 e. The quantitative estimate of drug-likeness (QED) is 0.558. The summed E-state index contributed by atoms with van der Waals surface area (Å²) in [6, 6.07) is 10.6. The van der Waals surface area contributed by atoms with Crippen LogP contribution in [0, 0.1) is 5.92 Å².